The first-order chi connectivity index (χ1) is 8.28. The summed E-state index contributed by atoms with van der Waals surface area (Å²) in [6.45, 7) is 5.38. The highest BCUT2D eigenvalue weighted by atomic mass is 16.5. The summed E-state index contributed by atoms with van der Waals surface area (Å²) in [7, 11) is 1.65. The average Bonchev–Trinajstić information content (AvgIpc) is 3.18. The molecule has 2 rings (SSSR count). The molecule has 0 heterocycles. The lowest BCUT2D eigenvalue weighted by molar-refractivity contribution is 0.343. The number of ether oxygens (including phenoxy) is 2. The molecule has 0 radical (unpaired) electrons. The molecule has 0 unspecified atom stereocenters. The number of rotatable bonds is 7. The van der Waals surface area contributed by atoms with E-state index in [1.54, 1.807) is 7.11 Å². The van der Waals surface area contributed by atoms with Crippen LogP contribution in [0.1, 0.15) is 12.8 Å². The van der Waals surface area contributed by atoms with Crippen molar-refractivity contribution in [2.45, 2.75) is 18.9 Å². The van der Waals surface area contributed by atoms with Crippen LogP contribution >= 0.6 is 0 Å². The molecule has 1 saturated carbocycles. The first-order valence-corrected chi connectivity index (χ1v) is 5.95. The van der Waals surface area contributed by atoms with E-state index in [-0.39, 0.29) is 0 Å². The zero-order valence-corrected chi connectivity index (χ0v) is 10.2. The van der Waals surface area contributed by atoms with Crippen molar-refractivity contribution < 1.29 is 9.47 Å². The first-order valence-electron chi connectivity index (χ1n) is 5.95. The van der Waals surface area contributed by atoms with Crippen molar-refractivity contribution in [1.82, 2.24) is 5.32 Å². The van der Waals surface area contributed by atoms with Gasteiger partial charge in [0.1, 0.15) is 18.1 Å². The molecule has 0 amide bonds. The fraction of sp³-hybridized carbons (Fsp3) is 0.429. The van der Waals surface area contributed by atoms with Gasteiger partial charge in [-0.3, -0.25) is 0 Å². The Morgan fingerprint density at radius 3 is 2.88 bits per heavy atom. The molecule has 3 nitrogen and oxygen atoms in total. The van der Waals surface area contributed by atoms with Crippen molar-refractivity contribution in [3.05, 3.63) is 36.4 Å². The third-order valence-electron chi connectivity index (χ3n) is 2.70. The van der Waals surface area contributed by atoms with Crippen LogP contribution in [0, 0.1) is 0 Å². The Bertz CT molecular complexity index is 386. The molecule has 1 fully saturated rings. The standard InChI is InChI=1S/C14H19NO2/c1-11(9-15-12-6-7-12)10-17-14-5-3-4-13(8-14)16-2/h3-5,8,12,15H,1,6-7,9-10H2,2H3. The molecule has 1 aliphatic carbocycles. The van der Waals surface area contributed by atoms with Crippen molar-refractivity contribution in [2.24, 2.45) is 0 Å². The maximum absolute atomic E-state index is 5.64. The van der Waals surface area contributed by atoms with Crippen LogP contribution in [0.4, 0.5) is 0 Å². The Morgan fingerprint density at radius 2 is 2.18 bits per heavy atom. The van der Waals surface area contributed by atoms with Crippen LogP contribution in [0.15, 0.2) is 36.4 Å². The minimum absolute atomic E-state index is 0.548. The summed E-state index contributed by atoms with van der Waals surface area (Å²) in [4.78, 5) is 0. The van der Waals surface area contributed by atoms with E-state index in [4.69, 9.17) is 9.47 Å². The number of benzene rings is 1. The third-order valence-corrected chi connectivity index (χ3v) is 2.70. The predicted octanol–water partition coefficient (Wildman–Crippen LogP) is 2.38. The largest absolute Gasteiger partial charge is 0.497 e. The molecular weight excluding hydrogens is 214 g/mol. The smallest absolute Gasteiger partial charge is 0.123 e. The Kier molecular flexibility index (Phi) is 4.04. The minimum Gasteiger partial charge on any atom is -0.497 e. The van der Waals surface area contributed by atoms with Gasteiger partial charge in [-0.05, 0) is 30.5 Å². The lowest BCUT2D eigenvalue weighted by atomic mass is 10.3. The molecule has 92 valence electrons. The van der Waals surface area contributed by atoms with Crippen molar-refractivity contribution in [3.8, 4) is 11.5 Å². The molecule has 0 spiro atoms. The van der Waals surface area contributed by atoms with Crippen molar-refractivity contribution in [3.63, 3.8) is 0 Å². The molecule has 0 bridgehead atoms. The van der Waals surface area contributed by atoms with Gasteiger partial charge >= 0.3 is 0 Å². The van der Waals surface area contributed by atoms with Gasteiger partial charge < -0.3 is 14.8 Å². The van der Waals surface area contributed by atoms with E-state index in [2.05, 4.69) is 11.9 Å². The molecule has 1 aromatic carbocycles. The number of nitrogens with one attached hydrogen (secondary N) is 1. The van der Waals surface area contributed by atoms with Gasteiger partial charge in [0.05, 0.1) is 7.11 Å². The van der Waals surface area contributed by atoms with E-state index in [1.165, 1.54) is 12.8 Å². The molecule has 0 aromatic heterocycles. The van der Waals surface area contributed by atoms with Crippen LogP contribution in [0.5, 0.6) is 11.5 Å². The highest BCUT2D eigenvalue weighted by Gasteiger charge is 2.19. The molecule has 3 heteroatoms. The van der Waals surface area contributed by atoms with E-state index in [1.807, 2.05) is 24.3 Å². The van der Waals surface area contributed by atoms with Gasteiger partial charge in [0.15, 0.2) is 0 Å². The number of hydrogen-bond donors (Lipinski definition) is 1. The summed E-state index contributed by atoms with van der Waals surface area (Å²) >= 11 is 0. The van der Waals surface area contributed by atoms with Gasteiger partial charge in [-0.1, -0.05) is 12.6 Å². The van der Waals surface area contributed by atoms with Crippen LogP contribution in [-0.4, -0.2) is 26.3 Å². The zero-order chi connectivity index (χ0) is 12.1. The van der Waals surface area contributed by atoms with Gasteiger partial charge in [0.25, 0.3) is 0 Å². The second kappa shape index (κ2) is 5.73. The van der Waals surface area contributed by atoms with Crippen molar-refractivity contribution in [2.75, 3.05) is 20.3 Å². The van der Waals surface area contributed by atoms with Crippen molar-refractivity contribution >= 4 is 0 Å². The lowest BCUT2D eigenvalue weighted by Gasteiger charge is -2.10. The number of hydrogen-bond acceptors (Lipinski definition) is 3. The van der Waals surface area contributed by atoms with Crippen LogP contribution in [0.3, 0.4) is 0 Å². The van der Waals surface area contributed by atoms with E-state index in [0.717, 1.165) is 23.6 Å². The SMILES string of the molecule is C=C(CNC1CC1)COc1cccc(OC)c1. The van der Waals surface area contributed by atoms with E-state index < -0.39 is 0 Å². The topological polar surface area (TPSA) is 30.5 Å². The summed E-state index contributed by atoms with van der Waals surface area (Å²) in [6.07, 6.45) is 2.59. The second-order valence-corrected chi connectivity index (χ2v) is 4.37. The Morgan fingerprint density at radius 1 is 1.41 bits per heavy atom. The lowest BCUT2D eigenvalue weighted by Crippen LogP contribution is -2.21. The maximum atomic E-state index is 5.64. The molecule has 0 atom stereocenters. The Hall–Kier alpha value is -1.48. The molecule has 1 N–H and O–H groups in total. The molecule has 0 saturated heterocycles. The molecule has 17 heavy (non-hydrogen) atoms. The van der Waals surface area contributed by atoms with E-state index in [0.29, 0.717) is 12.6 Å². The summed E-state index contributed by atoms with van der Waals surface area (Å²) < 4.78 is 10.8. The maximum Gasteiger partial charge on any atom is 0.123 e. The number of methoxy groups -OCH3 is 1. The van der Waals surface area contributed by atoms with Gasteiger partial charge in [-0.25, -0.2) is 0 Å². The second-order valence-electron chi connectivity index (χ2n) is 4.37. The van der Waals surface area contributed by atoms with Gasteiger partial charge in [0, 0.05) is 18.7 Å². The highest BCUT2D eigenvalue weighted by Crippen LogP contribution is 2.20. The quantitative estimate of drug-likeness (QED) is 0.733. The zero-order valence-electron chi connectivity index (χ0n) is 10.2. The Labute approximate surface area is 102 Å². The highest BCUT2D eigenvalue weighted by molar-refractivity contribution is 5.33. The van der Waals surface area contributed by atoms with Crippen LogP contribution in [0.2, 0.25) is 0 Å². The fourth-order valence-corrected chi connectivity index (χ4v) is 1.50. The van der Waals surface area contributed by atoms with Crippen LogP contribution in [-0.2, 0) is 0 Å². The monoisotopic (exact) mass is 233 g/mol. The predicted molar refractivity (Wildman–Crippen MR) is 68.7 cm³/mol. The van der Waals surface area contributed by atoms with Gasteiger partial charge in [-0.2, -0.15) is 0 Å². The van der Waals surface area contributed by atoms with Crippen LogP contribution in [0.25, 0.3) is 0 Å². The van der Waals surface area contributed by atoms with Crippen molar-refractivity contribution in [1.29, 1.82) is 0 Å². The first kappa shape index (κ1) is 12.0. The molecule has 1 aromatic rings. The fourth-order valence-electron chi connectivity index (χ4n) is 1.50. The average molecular weight is 233 g/mol. The summed E-state index contributed by atoms with van der Waals surface area (Å²) in [5, 5.41) is 3.41. The van der Waals surface area contributed by atoms with Gasteiger partial charge in [-0.15, -0.1) is 0 Å². The normalized spacial score (nSPS) is 14.4. The molecule has 1 aliphatic rings. The Balaban J connectivity index is 1.73. The molecule has 0 aliphatic heterocycles. The van der Waals surface area contributed by atoms with Gasteiger partial charge in [0.2, 0.25) is 0 Å². The van der Waals surface area contributed by atoms with Crippen LogP contribution < -0.4 is 14.8 Å². The summed E-state index contributed by atoms with van der Waals surface area (Å²) in [6, 6.07) is 8.32. The van der Waals surface area contributed by atoms with E-state index in [9.17, 15) is 0 Å². The molecular formula is C14H19NO2. The minimum atomic E-state index is 0.548. The van der Waals surface area contributed by atoms with E-state index >= 15 is 0 Å². The third kappa shape index (κ3) is 4.11. The summed E-state index contributed by atoms with van der Waals surface area (Å²) in [5.41, 5.74) is 1.07. The summed E-state index contributed by atoms with van der Waals surface area (Å²) in [5.74, 6) is 1.63.